The maximum Gasteiger partial charge on any atom is 0.150 e. The quantitative estimate of drug-likeness (QED) is 0.230. The van der Waals surface area contributed by atoms with E-state index in [1.54, 1.807) is 19.3 Å². The second-order valence-electron chi connectivity index (χ2n) is 7.50. The summed E-state index contributed by atoms with van der Waals surface area (Å²) in [6.07, 6.45) is 11.5. The Labute approximate surface area is 179 Å². The van der Waals surface area contributed by atoms with Crippen molar-refractivity contribution in [3.05, 3.63) is 46.5 Å². The highest BCUT2D eigenvalue weighted by molar-refractivity contribution is 6.36. The van der Waals surface area contributed by atoms with Crippen LogP contribution >= 0.6 is 23.2 Å². The van der Waals surface area contributed by atoms with Crippen LogP contribution in [-0.2, 0) is 4.74 Å². The highest BCUT2D eigenvalue weighted by atomic mass is 35.5. The normalized spacial score (nSPS) is 26.5. The molecule has 1 N–H and O–H groups in total. The van der Waals surface area contributed by atoms with Crippen molar-refractivity contribution in [3.63, 3.8) is 0 Å². The predicted octanol–water partition coefficient (Wildman–Crippen LogP) is 5.87. The Morgan fingerprint density at radius 3 is 2.82 bits per heavy atom. The molecule has 0 aromatic heterocycles. The van der Waals surface area contributed by atoms with Crippen molar-refractivity contribution in [2.45, 2.75) is 51.8 Å². The van der Waals surface area contributed by atoms with Crippen LogP contribution in [0.1, 0.15) is 39.5 Å². The van der Waals surface area contributed by atoms with E-state index in [2.05, 4.69) is 36.3 Å². The van der Waals surface area contributed by atoms with Gasteiger partial charge >= 0.3 is 0 Å². The van der Waals surface area contributed by atoms with Gasteiger partial charge in [0.05, 0.1) is 16.7 Å². The van der Waals surface area contributed by atoms with E-state index >= 15 is 0 Å². The van der Waals surface area contributed by atoms with Crippen molar-refractivity contribution < 1.29 is 4.74 Å². The molecule has 2 aliphatic rings. The monoisotopic (exact) mass is 420 g/mol. The zero-order valence-corrected chi connectivity index (χ0v) is 18.5. The van der Waals surface area contributed by atoms with Crippen molar-refractivity contribution in [3.8, 4) is 11.8 Å². The van der Waals surface area contributed by atoms with Crippen LogP contribution in [0.5, 0.6) is 0 Å². The number of nitrogens with one attached hydrogen (secondary N) is 1. The molecule has 0 heterocycles. The maximum absolute atomic E-state index is 8.87. The standard InChI is InChI=1S/C23H30Cl2N2O/c1-5-17(6-2)15-27(21-9-7-8-16(3)12-21)23(28-4)22(26)18-10-11-19(24)14-20(25)13-18/h5-6,13-14,16,18,21,23,26H,1,7-9,12,15H2,2-4H3/b17-6+,26-22?. The molecule has 4 atom stereocenters. The Kier molecular flexibility index (Phi) is 9.05. The number of ether oxygens (including phenoxy) is 1. The Morgan fingerprint density at radius 2 is 2.21 bits per heavy atom. The fourth-order valence-electron chi connectivity index (χ4n) is 3.91. The van der Waals surface area contributed by atoms with Gasteiger partial charge in [-0.2, -0.15) is 0 Å². The third-order valence-electron chi connectivity index (χ3n) is 5.44. The van der Waals surface area contributed by atoms with Gasteiger partial charge in [0.25, 0.3) is 0 Å². The molecule has 0 aliphatic heterocycles. The lowest BCUT2D eigenvalue weighted by atomic mass is 9.85. The second-order valence-corrected chi connectivity index (χ2v) is 8.34. The summed E-state index contributed by atoms with van der Waals surface area (Å²) in [4.78, 5) is 2.29. The van der Waals surface area contributed by atoms with E-state index in [4.69, 9.17) is 33.3 Å². The summed E-state index contributed by atoms with van der Waals surface area (Å²) in [5, 5.41) is 9.73. The van der Waals surface area contributed by atoms with Gasteiger partial charge in [-0.25, -0.2) is 0 Å². The molecule has 3 nitrogen and oxygen atoms in total. The van der Waals surface area contributed by atoms with Crippen molar-refractivity contribution in [1.82, 2.24) is 4.90 Å². The van der Waals surface area contributed by atoms with E-state index in [-0.39, 0.29) is 0 Å². The number of halogens is 2. The molecule has 1 saturated carbocycles. The fraction of sp³-hybridized carbons (Fsp3) is 0.522. The first-order valence-electron chi connectivity index (χ1n) is 9.80. The van der Waals surface area contributed by atoms with Gasteiger partial charge in [-0.05, 0) is 43.4 Å². The van der Waals surface area contributed by atoms with Gasteiger partial charge in [0.2, 0.25) is 0 Å². The Hall–Kier alpha value is -1.31. The van der Waals surface area contributed by atoms with Crippen LogP contribution < -0.4 is 0 Å². The van der Waals surface area contributed by atoms with Crippen molar-refractivity contribution in [2.75, 3.05) is 13.7 Å². The van der Waals surface area contributed by atoms with E-state index in [0.717, 1.165) is 18.4 Å². The van der Waals surface area contributed by atoms with Crippen LogP contribution in [-0.4, -0.2) is 36.5 Å². The maximum atomic E-state index is 8.87. The number of rotatable bonds is 8. The molecule has 0 spiro atoms. The minimum absolute atomic E-state index is 0.351. The number of hydrogen-bond acceptors (Lipinski definition) is 3. The molecule has 0 aromatic rings. The van der Waals surface area contributed by atoms with E-state index in [9.17, 15) is 0 Å². The summed E-state index contributed by atoms with van der Waals surface area (Å²) in [6, 6.07) is 0.351. The van der Waals surface area contributed by atoms with E-state index in [1.807, 2.05) is 13.0 Å². The fourth-order valence-corrected chi connectivity index (χ4v) is 4.37. The van der Waals surface area contributed by atoms with E-state index in [0.29, 0.717) is 34.3 Å². The lowest BCUT2D eigenvalue weighted by Gasteiger charge is -2.41. The van der Waals surface area contributed by atoms with Gasteiger partial charge < -0.3 is 10.1 Å². The van der Waals surface area contributed by atoms with E-state index in [1.165, 1.54) is 12.8 Å². The number of allylic oxidation sites excluding steroid dienone is 5. The summed E-state index contributed by atoms with van der Waals surface area (Å²) in [6.45, 7) is 8.94. The number of methoxy groups -OCH3 is 1. The highest BCUT2D eigenvalue weighted by Gasteiger charge is 2.34. The number of hydrogen-bond donors (Lipinski definition) is 1. The first kappa shape index (κ1) is 23.0. The van der Waals surface area contributed by atoms with Crippen molar-refractivity contribution in [2.24, 2.45) is 11.8 Å². The molecule has 1 fully saturated rings. The van der Waals surface area contributed by atoms with Crippen LogP contribution in [0.4, 0.5) is 0 Å². The lowest BCUT2D eigenvalue weighted by Crippen LogP contribution is -2.51. The van der Waals surface area contributed by atoms with Gasteiger partial charge in [0, 0.05) is 24.7 Å². The first-order valence-corrected chi connectivity index (χ1v) is 10.6. The van der Waals surface area contributed by atoms with Gasteiger partial charge in [-0.1, -0.05) is 73.5 Å². The van der Waals surface area contributed by atoms with Gasteiger partial charge in [0.1, 0.15) is 0 Å². The second kappa shape index (κ2) is 11.0. The first-order chi connectivity index (χ1) is 13.4. The van der Waals surface area contributed by atoms with Crippen LogP contribution in [0, 0.1) is 29.1 Å². The van der Waals surface area contributed by atoms with Gasteiger partial charge in [-0.15, -0.1) is 0 Å². The minimum atomic E-state index is -0.484. The molecule has 5 heteroatoms. The Bertz CT molecular complexity index is 741. The smallest absolute Gasteiger partial charge is 0.150 e. The highest BCUT2D eigenvalue weighted by Crippen LogP contribution is 2.30. The number of nitrogens with zero attached hydrogens (tertiary/aromatic N) is 1. The largest absolute Gasteiger partial charge is 0.361 e. The van der Waals surface area contributed by atoms with Crippen LogP contribution in [0.3, 0.4) is 0 Å². The third kappa shape index (κ3) is 6.09. The molecule has 0 aromatic carbocycles. The zero-order valence-electron chi connectivity index (χ0n) is 17.0. The third-order valence-corrected chi connectivity index (χ3v) is 5.88. The molecular formula is C23H30Cl2N2O. The van der Waals surface area contributed by atoms with Crippen LogP contribution in [0.15, 0.2) is 46.5 Å². The summed E-state index contributed by atoms with van der Waals surface area (Å²) in [5.41, 5.74) is 1.50. The zero-order chi connectivity index (χ0) is 20.7. The van der Waals surface area contributed by atoms with Crippen molar-refractivity contribution >= 4 is 28.9 Å². The molecule has 0 radical (unpaired) electrons. The topological polar surface area (TPSA) is 36.3 Å². The summed E-state index contributed by atoms with van der Waals surface area (Å²) < 4.78 is 5.86. The Morgan fingerprint density at radius 1 is 1.46 bits per heavy atom. The summed E-state index contributed by atoms with van der Waals surface area (Å²) in [7, 11) is 1.66. The van der Waals surface area contributed by atoms with Crippen LogP contribution in [0.25, 0.3) is 0 Å². The average molecular weight is 421 g/mol. The Balaban J connectivity index is 2.33. The van der Waals surface area contributed by atoms with Gasteiger partial charge in [-0.3, -0.25) is 4.90 Å². The summed E-state index contributed by atoms with van der Waals surface area (Å²) in [5.74, 6) is 6.15. The lowest BCUT2D eigenvalue weighted by molar-refractivity contribution is -0.0199. The average Bonchev–Trinajstić information content (AvgIpc) is 2.84. The molecule has 152 valence electrons. The molecule has 2 aliphatic carbocycles. The SMILES string of the molecule is C=C/C(=C\C)CN(C1CCCC(C)C1)C(OC)C(=N)C1C#CC(Cl)=CC(Cl)=C1. The minimum Gasteiger partial charge on any atom is -0.361 e. The molecule has 0 amide bonds. The molecule has 0 bridgehead atoms. The van der Waals surface area contributed by atoms with Crippen LogP contribution in [0.2, 0.25) is 0 Å². The van der Waals surface area contributed by atoms with Gasteiger partial charge in [0.15, 0.2) is 6.23 Å². The summed E-state index contributed by atoms with van der Waals surface area (Å²) >= 11 is 12.3. The molecule has 2 rings (SSSR count). The van der Waals surface area contributed by atoms with E-state index < -0.39 is 12.1 Å². The molecule has 0 saturated heterocycles. The molecular weight excluding hydrogens is 391 g/mol. The molecule has 4 unspecified atom stereocenters. The van der Waals surface area contributed by atoms with Crippen molar-refractivity contribution in [1.29, 1.82) is 5.41 Å². The predicted molar refractivity (Wildman–Crippen MR) is 120 cm³/mol. The molecule has 28 heavy (non-hydrogen) atoms.